The summed E-state index contributed by atoms with van der Waals surface area (Å²) in [4.78, 5) is 22.7. The molecule has 3 aromatic carbocycles. The van der Waals surface area contributed by atoms with Crippen LogP contribution in [0.5, 0.6) is 5.75 Å². The molecule has 1 aliphatic rings. The number of likely N-dealkylation sites (N-methyl/N-ethyl adjacent to an activating group) is 2. The van der Waals surface area contributed by atoms with Crippen molar-refractivity contribution >= 4 is 27.7 Å². The number of hydrogen-bond donors (Lipinski definition) is 1. The average Bonchev–Trinajstić information content (AvgIpc) is 3.23. The van der Waals surface area contributed by atoms with Crippen molar-refractivity contribution in [2.75, 3.05) is 60.5 Å². The highest BCUT2D eigenvalue weighted by atomic mass is 19.1. The molecule has 1 saturated heterocycles. The van der Waals surface area contributed by atoms with Crippen molar-refractivity contribution in [3.05, 3.63) is 66.0 Å². The third-order valence-electron chi connectivity index (χ3n) is 6.71. The first-order chi connectivity index (χ1) is 16.9. The van der Waals surface area contributed by atoms with E-state index in [0.29, 0.717) is 24.3 Å². The second kappa shape index (κ2) is 9.68. The zero-order chi connectivity index (χ0) is 24.5. The number of carbonyl (C=O) groups excluding carboxylic acids is 1. The van der Waals surface area contributed by atoms with E-state index in [1.807, 2.05) is 66.4 Å². The molecule has 5 rings (SSSR count). The van der Waals surface area contributed by atoms with Gasteiger partial charge < -0.3 is 24.4 Å². The minimum atomic E-state index is -0.366. The van der Waals surface area contributed by atoms with Crippen molar-refractivity contribution in [1.82, 2.24) is 19.7 Å². The van der Waals surface area contributed by atoms with E-state index in [1.165, 1.54) is 0 Å². The number of piperazine rings is 1. The van der Waals surface area contributed by atoms with Gasteiger partial charge in [-0.15, -0.1) is 0 Å². The third kappa shape index (κ3) is 4.61. The number of aromatic nitrogens is 1. The topological polar surface area (TPSA) is 51.8 Å². The molecule has 0 bridgehead atoms. The molecule has 0 radical (unpaired) electrons. The molecule has 1 aliphatic heterocycles. The number of carbonyl (C=O) groups is 1. The monoisotopic (exact) mass is 474 g/mol. The lowest BCUT2D eigenvalue weighted by atomic mass is 9.98. The summed E-state index contributed by atoms with van der Waals surface area (Å²) in [6.45, 7) is 4.35. The van der Waals surface area contributed by atoms with Crippen LogP contribution in [0, 0.1) is 5.82 Å². The van der Waals surface area contributed by atoms with Crippen LogP contribution in [-0.4, -0.2) is 86.1 Å². The van der Waals surface area contributed by atoms with Gasteiger partial charge in [0, 0.05) is 65.7 Å². The summed E-state index contributed by atoms with van der Waals surface area (Å²) in [5.41, 5.74) is 3.72. The molecule has 0 aliphatic carbocycles. The fourth-order valence-electron chi connectivity index (χ4n) is 4.68. The van der Waals surface area contributed by atoms with E-state index in [0.717, 1.165) is 53.5 Å². The number of nitrogens with zero attached hydrogens (tertiary/aromatic N) is 3. The highest BCUT2D eigenvalue weighted by molar-refractivity contribution is 6.15. The van der Waals surface area contributed by atoms with Gasteiger partial charge >= 0.3 is 0 Å². The summed E-state index contributed by atoms with van der Waals surface area (Å²) in [6.07, 6.45) is 0. The van der Waals surface area contributed by atoms with Crippen molar-refractivity contribution in [2.45, 2.75) is 0 Å². The first kappa shape index (κ1) is 23.3. The Balaban J connectivity index is 1.51. The van der Waals surface area contributed by atoms with Crippen molar-refractivity contribution in [2.24, 2.45) is 0 Å². The Kier molecular flexibility index (Phi) is 6.45. The zero-order valence-corrected chi connectivity index (χ0v) is 20.5. The number of ether oxygens (including phenoxy) is 1. The van der Waals surface area contributed by atoms with E-state index >= 15 is 4.39 Å². The SMILES string of the molecule is CN(C)CCOc1cccc(-c2cccc3[nH]c4cc(C(=O)N5CCN(C)CC5)ccc4c23)c1F. The second-order valence-corrected chi connectivity index (χ2v) is 9.48. The Bertz CT molecular complexity index is 1370. The lowest BCUT2D eigenvalue weighted by Gasteiger charge is -2.32. The summed E-state index contributed by atoms with van der Waals surface area (Å²) in [5, 5.41) is 1.90. The third-order valence-corrected chi connectivity index (χ3v) is 6.71. The fourth-order valence-corrected chi connectivity index (χ4v) is 4.68. The molecule has 1 aromatic heterocycles. The van der Waals surface area contributed by atoms with Gasteiger partial charge in [-0.25, -0.2) is 4.39 Å². The largest absolute Gasteiger partial charge is 0.489 e. The Morgan fingerprint density at radius 1 is 1.00 bits per heavy atom. The molecule has 4 aromatic rings. The number of aromatic amines is 1. The van der Waals surface area contributed by atoms with Crippen molar-refractivity contribution in [1.29, 1.82) is 0 Å². The Morgan fingerprint density at radius 2 is 1.74 bits per heavy atom. The van der Waals surface area contributed by atoms with Crippen molar-refractivity contribution in [3.63, 3.8) is 0 Å². The highest BCUT2D eigenvalue weighted by Gasteiger charge is 2.22. The van der Waals surface area contributed by atoms with E-state index in [-0.39, 0.29) is 17.5 Å². The molecule has 0 saturated carbocycles. The molecule has 2 heterocycles. The Morgan fingerprint density at radius 3 is 2.51 bits per heavy atom. The van der Waals surface area contributed by atoms with Crippen LogP contribution >= 0.6 is 0 Å². The van der Waals surface area contributed by atoms with Crippen molar-refractivity contribution < 1.29 is 13.9 Å². The maximum Gasteiger partial charge on any atom is 0.254 e. The number of hydrogen-bond acceptors (Lipinski definition) is 4. The highest BCUT2D eigenvalue weighted by Crippen LogP contribution is 2.38. The molecule has 0 unspecified atom stereocenters. The summed E-state index contributed by atoms with van der Waals surface area (Å²) in [7, 11) is 5.99. The first-order valence-corrected chi connectivity index (χ1v) is 12.0. The van der Waals surface area contributed by atoms with Crippen LogP contribution < -0.4 is 4.74 Å². The number of rotatable bonds is 6. The molecule has 0 spiro atoms. The lowest BCUT2D eigenvalue weighted by molar-refractivity contribution is 0.0664. The van der Waals surface area contributed by atoms with Gasteiger partial charge in [-0.3, -0.25) is 4.79 Å². The molecule has 6 nitrogen and oxygen atoms in total. The van der Waals surface area contributed by atoms with Crippen LogP contribution in [0.25, 0.3) is 32.9 Å². The Hall–Kier alpha value is -3.42. The molecule has 35 heavy (non-hydrogen) atoms. The van der Waals surface area contributed by atoms with E-state index in [1.54, 1.807) is 12.1 Å². The van der Waals surface area contributed by atoms with Crippen LogP contribution in [0.2, 0.25) is 0 Å². The predicted octanol–water partition coefficient (Wildman–Crippen LogP) is 4.46. The second-order valence-electron chi connectivity index (χ2n) is 9.48. The van der Waals surface area contributed by atoms with E-state index in [9.17, 15) is 4.79 Å². The molecule has 1 amide bonds. The predicted molar refractivity (Wildman–Crippen MR) is 139 cm³/mol. The quantitative estimate of drug-likeness (QED) is 0.449. The van der Waals surface area contributed by atoms with Crippen LogP contribution in [0.15, 0.2) is 54.6 Å². The van der Waals surface area contributed by atoms with E-state index < -0.39 is 0 Å². The fraction of sp³-hybridized carbons (Fsp3) is 0.321. The van der Waals surface area contributed by atoms with Crippen molar-refractivity contribution in [3.8, 4) is 16.9 Å². The number of nitrogens with one attached hydrogen (secondary N) is 1. The molecule has 1 N–H and O–H groups in total. The molecule has 1 fully saturated rings. The number of fused-ring (bicyclic) bond motifs is 3. The summed E-state index contributed by atoms with van der Waals surface area (Å²) in [5.74, 6) is -0.0660. The van der Waals surface area contributed by atoms with Crippen LogP contribution in [0.3, 0.4) is 0 Å². The number of halogens is 1. The van der Waals surface area contributed by atoms with Crippen LogP contribution in [0.1, 0.15) is 10.4 Å². The smallest absolute Gasteiger partial charge is 0.254 e. The lowest BCUT2D eigenvalue weighted by Crippen LogP contribution is -2.47. The summed E-state index contributed by atoms with van der Waals surface area (Å²) in [6, 6.07) is 16.9. The molecule has 182 valence electrons. The summed E-state index contributed by atoms with van der Waals surface area (Å²) < 4.78 is 21.2. The van der Waals surface area contributed by atoms with Gasteiger partial charge in [0.05, 0.1) is 0 Å². The maximum atomic E-state index is 15.5. The van der Waals surface area contributed by atoms with Gasteiger partial charge in [-0.1, -0.05) is 30.3 Å². The van der Waals surface area contributed by atoms with Gasteiger partial charge in [0.15, 0.2) is 11.6 Å². The van der Waals surface area contributed by atoms with Gasteiger partial charge in [-0.05, 0) is 51.0 Å². The molecule has 0 atom stereocenters. The van der Waals surface area contributed by atoms with Crippen LogP contribution in [0.4, 0.5) is 4.39 Å². The molecular formula is C28H31FN4O2. The molecular weight excluding hydrogens is 443 g/mol. The van der Waals surface area contributed by atoms with Gasteiger partial charge in [0.25, 0.3) is 5.91 Å². The first-order valence-electron chi connectivity index (χ1n) is 12.0. The minimum Gasteiger partial charge on any atom is -0.489 e. The standard InChI is InChI=1S/C28H31FN4O2/c1-31(2)16-17-35-25-9-5-7-21(27(25)29)20-6-4-8-23-26(20)22-11-10-19(18-24(22)30-23)28(34)33-14-12-32(3)13-15-33/h4-11,18,30H,12-17H2,1-3H3. The van der Waals surface area contributed by atoms with Crippen LogP contribution in [-0.2, 0) is 0 Å². The number of amides is 1. The average molecular weight is 475 g/mol. The molecule has 7 heteroatoms. The van der Waals surface area contributed by atoms with E-state index in [2.05, 4.69) is 16.9 Å². The van der Waals surface area contributed by atoms with Gasteiger partial charge in [0.2, 0.25) is 0 Å². The minimum absolute atomic E-state index is 0.0486. The zero-order valence-electron chi connectivity index (χ0n) is 20.5. The number of H-pyrrole nitrogens is 1. The normalized spacial score (nSPS) is 14.8. The maximum absolute atomic E-state index is 15.5. The number of benzene rings is 3. The van der Waals surface area contributed by atoms with E-state index in [4.69, 9.17) is 4.74 Å². The van der Waals surface area contributed by atoms with Gasteiger partial charge in [-0.2, -0.15) is 0 Å². The summed E-state index contributed by atoms with van der Waals surface area (Å²) >= 11 is 0. The van der Waals surface area contributed by atoms with Gasteiger partial charge in [0.1, 0.15) is 6.61 Å². The Labute approximate surface area is 204 Å².